The molecular weight excluding hydrogens is 254 g/mol. The van der Waals surface area contributed by atoms with Gasteiger partial charge in [0.05, 0.1) is 13.2 Å². The maximum absolute atomic E-state index is 12.3. The summed E-state index contributed by atoms with van der Waals surface area (Å²) in [4.78, 5) is 0.119. The van der Waals surface area contributed by atoms with E-state index >= 15 is 0 Å². The summed E-state index contributed by atoms with van der Waals surface area (Å²) < 4.78 is 30.9. The van der Waals surface area contributed by atoms with Gasteiger partial charge in [-0.25, -0.2) is 8.42 Å². The highest BCUT2D eigenvalue weighted by Gasteiger charge is 2.25. The number of hydrogen-bond donors (Lipinski definition) is 1. The first-order valence-corrected chi connectivity index (χ1v) is 7.02. The highest BCUT2D eigenvalue weighted by atomic mass is 32.2. The Morgan fingerprint density at radius 3 is 2.56 bits per heavy atom. The van der Waals surface area contributed by atoms with Gasteiger partial charge in [0.1, 0.15) is 10.6 Å². The van der Waals surface area contributed by atoms with Gasteiger partial charge in [-0.05, 0) is 31.5 Å². The standard InChI is InChI=1S/C12H19NO4S/c1-9-5-6-11(17-4)12(7-9)18(15,16)13(3)8-10(2)14/h5-7,10,14H,8H2,1-4H3. The number of aryl methyl sites for hydroxylation is 1. The second kappa shape index (κ2) is 5.69. The first-order valence-electron chi connectivity index (χ1n) is 5.58. The maximum Gasteiger partial charge on any atom is 0.246 e. The second-order valence-electron chi connectivity index (χ2n) is 4.29. The highest BCUT2D eigenvalue weighted by Crippen LogP contribution is 2.27. The van der Waals surface area contributed by atoms with E-state index in [9.17, 15) is 13.5 Å². The Morgan fingerprint density at radius 1 is 1.44 bits per heavy atom. The molecule has 0 saturated carbocycles. The van der Waals surface area contributed by atoms with Crippen LogP contribution in [0.25, 0.3) is 0 Å². The minimum absolute atomic E-state index is 0.0411. The van der Waals surface area contributed by atoms with E-state index < -0.39 is 16.1 Å². The Kier molecular flexibility index (Phi) is 4.72. The number of likely N-dealkylation sites (N-methyl/N-ethyl adjacent to an activating group) is 1. The first-order chi connectivity index (χ1) is 8.28. The van der Waals surface area contributed by atoms with Gasteiger partial charge in [0.2, 0.25) is 10.0 Å². The minimum Gasteiger partial charge on any atom is -0.495 e. The summed E-state index contributed by atoms with van der Waals surface area (Å²) in [6, 6.07) is 4.97. The van der Waals surface area contributed by atoms with Gasteiger partial charge in [-0.15, -0.1) is 0 Å². The summed E-state index contributed by atoms with van der Waals surface area (Å²) in [5, 5.41) is 9.28. The molecule has 0 aliphatic carbocycles. The molecule has 0 radical (unpaired) electrons. The van der Waals surface area contributed by atoms with Crippen LogP contribution < -0.4 is 4.74 Å². The fourth-order valence-electron chi connectivity index (χ4n) is 1.62. The summed E-state index contributed by atoms with van der Waals surface area (Å²) >= 11 is 0. The molecule has 1 aromatic rings. The van der Waals surface area contributed by atoms with Gasteiger partial charge in [-0.1, -0.05) is 6.07 Å². The average molecular weight is 273 g/mol. The lowest BCUT2D eigenvalue weighted by molar-refractivity contribution is 0.171. The molecule has 0 bridgehead atoms. The van der Waals surface area contributed by atoms with E-state index in [1.165, 1.54) is 14.2 Å². The molecule has 1 atom stereocenters. The topological polar surface area (TPSA) is 66.8 Å². The molecule has 0 aliphatic rings. The van der Waals surface area contributed by atoms with E-state index in [4.69, 9.17) is 4.74 Å². The van der Waals surface area contributed by atoms with Crippen molar-refractivity contribution in [3.05, 3.63) is 23.8 Å². The van der Waals surface area contributed by atoms with E-state index in [1.54, 1.807) is 25.1 Å². The zero-order chi connectivity index (χ0) is 13.9. The third-order valence-electron chi connectivity index (χ3n) is 2.53. The predicted molar refractivity (Wildman–Crippen MR) is 69.2 cm³/mol. The van der Waals surface area contributed by atoms with Gasteiger partial charge in [0.15, 0.2) is 0 Å². The van der Waals surface area contributed by atoms with Gasteiger partial charge < -0.3 is 9.84 Å². The predicted octanol–water partition coefficient (Wildman–Crippen LogP) is 1.00. The molecule has 0 amide bonds. The van der Waals surface area contributed by atoms with Crippen molar-refractivity contribution in [2.45, 2.75) is 24.8 Å². The second-order valence-corrected chi connectivity index (χ2v) is 6.30. The fourth-order valence-corrected chi connectivity index (χ4v) is 3.11. The quantitative estimate of drug-likeness (QED) is 0.869. The molecule has 102 valence electrons. The van der Waals surface area contributed by atoms with Crippen LogP contribution in [-0.2, 0) is 10.0 Å². The molecular formula is C12H19NO4S. The van der Waals surface area contributed by atoms with Crippen LogP contribution in [0.5, 0.6) is 5.75 Å². The molecule has 0 fully saturated rings. The molecule has 1 unspecified atom stereocenters. The number of benzene rings is 1. The van der Waals surface area contributed by atoms with Crippen molar-refractivity contribution in [3.63, 3.8) is 0 Å². The lowest BCUT2D eigenvalue weighted by Gasteiger charge is -2.20. The number of hydrogen-bond acceptors (Lipinski definition) is 4. The van der Waals surface area contributed by atoms with Crippen molar-refractivity contribution in [2.24, 2.45) is 0 Å². The van der Waals surface area contributed by atoms with Gasteiger partial charge in [0.25, 0.3) is 0 Å². The molecule has 1 aromatic carbocycles. The minimum atomic E-state index is -3.65. The molecule has 1 N–H and O–H groups in total. The maximum atomic E-state index is 12.3. The zero-order valence-corrected chi connectivity index (χ0v) is 11.9. The number of methoxy groups -OCH3 is 1. The van der Waals surface area contributed by atoms with Crippen molar-refractivity contribution in [1.29, 1.82) is 0 Å². The normalized spacial score (nSPS) is 13.7. The van der Waals surface area contributed by atoms with Crippen LogP contribution in [0.3, 0.4) is 0 Å². The molecule has 5 nitrogen and oxygen atoms in total. The fraction of sp³-hybridized carbons (Fsp3) is 0.500. The summed E-state index contributed by atoms with van der Waals surface area (Å²) in [6.07, 6.45) is -0.722. The van der Waals surface area contributed by atoms with E-state index in [0.29, 0.717) is 5.75 Å². The number of aliphatic hydroxyl groups excluding tert-OH is 1. The Balaban J connectivity index is 3.23. The Bertz CT molecular complexity index is 511. The highest BCUT2D eigenvalue weighted by molar-refractivity contribution is 7.89. The van der Waals surface area contributed by atoms with Gasteiger partial charge in [-0.2, -0.15) is 4.31 Å². The molecule has 6 heteroatoms. The SMILES string of the molecule is COc1ccc(C)cc1S(=O)(=O)N(C)CC(C)O. The van der Waals surface area contributed by atoms with Crippen molar-refractivity contribution < 1.29 is 18.3 Å². The van der Waals surface area contributed by atoms with Crippen molar-refractivity contribution in [3.8, 4) is 5.75 Å². The number of nitrogens with zero attached hydrogens (tertiary/aromatic N) is 1. The first kappa shape index (κ1) is 14.9. The average Bonchev–Trinajstić information content (AvgIpc) is 2.28. The third-order valence-corrected chi connectivity index (χ3v) is 4.37. The van der Waals surface area contributed by atoms with Crippen LogP contribution in [-0.4, -0.2) is 44.6 Å². The smallest absolute Gasteiger partial charge is 0.246 e. The summed E-state index contributed by atoms with van der Waals surface area (Å²) in [5.41, 5.74) is 0.833. The van der Waals surface area contributed by atoms with E-state index in [0.717, 1.165) is 9.87 Å². The Morgan fingerprint density at radius 2 is 2.06 bits per heavy atom. The molecule has 0 aromatic heterocycles. The molecule has 18 heavy (non-hydrogen) atoms. The molecule has 0 heterocycles. The van der Waals surface area contributed by atoms with Crippen molar-refractivity contribution in [1.82, 2.24) is 4.31 Å². The van der Waals surface area contributed by atoms with Gasteiger partial charge in [-0.3, -0.25) is 0 Å². The van der Waals surface area contributed by atoms with Gasteiger partial charge >= 0.3 is 0 Å². The number of rotatable bonds is 5. The summed E-state index contributed by atoms with van der Waals surface area (Å²) in [6.45, 7) is 3.39. The van der Waals surface area contributed by atoms with Crippen LogP contribution in [0.15, 0.2) is 23.1 Å². The lowest BCUT2D eigenvalue weighted by atomic mass is 10.2. The lowest BCUT2D eigenvalue weighted by Crippen LogP contribution is -2.33. The van der Waals surface area contributed by atoms with Crippen molar-refractivity contribution in [2.75, 3.05) is 20.7 Å². The third kappa shape index (κ3) is 3.22. The van der Waals surface area contributed by atoms with Crippen LogP contribution >= 0.6 is 0 Å². The monoisotopic (exact) mass is 273 g/mol. The largest absolute Gasteiger partial charge is 0.495 e. The molecule has 0 saturated heterocycles. The van der Waals surface area contributed by atoms with Crippen LogP contribution in [0.1, 0.15) is 12.5 Å². The summed E-state index contributed by atoms with van der Waals surface area (Å²) in [7, 11) is -0.788. The zero-order valence-electron chi connectivity index (χ0n) is 11.0. The number of sulfonamides is 1. The molecule has 0 spiro atoms. The van der Waals surface area contributed by atoms with Crippen LogP contribution in [0.4, 0.5) is 0 Å². The van der Waals surface area contributed by atoms with Crippen LogP contribution in [0.2, 0.25) is 0 Å². The van der Waals surface area contributed by atoms with E-state index in [2.05, 4.69) is 0 Å². The van der Waals surface area contributed by atoms with Crippen molar-refractivity contribution >= 4 is 10.0 Å². The van der Waals surface area contributed by atoms with E-state index in [-0.39, 0.29) is 11.4 Å². The number of ether oxygens (including phenoxy) is 1. The van der Waals surface area contributed by atoms with E-state index in [1.807, 2.05) is 6.92 Å². The molecule has 0 aliphatic heterocycles. The van der Waals surface area contributed by atoms with Gasteiger partial charge in [0, 0.05) is 13.6 Å². The van der Waals surface area contributed by atoms with Crippen LogP contribution in [0, 0.1) is 6.92 Å². The Hall–Kier alpha value is -1.11. The molecule has 1 rings (SSSR count). The number of aliphatic hydroxyl groups is 1. The summed E-state index contributed by atoms with van der Waals surface area (Å²) in [5.74, 6) is 0.304. The Labute approximate surface area is 108 Å².